The third kappa shape index (κ3) is 2.82. The van der Waals surface area contributed by atoms with E-state index in [0.717, 1.165) is 43.3 Å². The van der Waals surface area contributed by atoms with Crippen LogP contribution >= 0.6 is 23.2 Å². The first-order valence-electron chi connectivity index (χ1n) is 7.46. The molecule has 7 heteroatoms. The number of rotatable bonds is 2. The first-order chi connectivity index (χ1) is 11.2. The highest BCUT2D eigenvalue weighted by Gasteiger charge is 2.19. The normalized spacial score (nSPS) is 15.4. The molecule has 0 atom stereocenters. The van der Waals surface area contributed by atoms with E-state index in [4.69, 9.17) is 23.2 Å². The summed E-state index contributed by atoms with van der Waals surface area (Å²) in [6, 6.07) is 9.71. The molecule has 1 saturated heterocycles. The van der Waals surface area contributed by atoms with Crippen LogP contribution in [0.1, 0.15) is 0 Å². The summed E-state index contributed by atoms with van der Waals surface area (Å²) in [4.78, 5) is 9.26. The minimum Gasteiger partial charge on any atom is -0.368 e. The Morgan fingerprint density at radius 2 is 1.65 bits per heavy atom. The molecule has 1 fully saturated rings. The van der Waals surface area contributed by atoms with Gasteiger partial charge in [0.15, 0.2) is 5.65 Å². The van der Waals surface area contributed by atoms with Crippen LogP contribution in [0.25, 0.3) is 5.65 Å². The van der Waals surface area contributed by atoms with E-state index >= 15 is 0 Å². The summed E-state index contributed by atoms with van der Waals surface area (Å²) in [6.07, 6.45) is 3.71. The lowest BCUT2D eigenvalue weighted by Gasteiger charge is -2.36. The topological polar surface area (TPSA) is 36.7 Å². The zero-order valence-electron chi connectivity index (χ0n) is 12.4. The minimum atomic E-state index is 0.590. The molecule has 5 nitrogen and oxygen atoms in total. The molecule has 0 radical (unpaired) electrons. The van der Waals surface area contributed by atoms with Crippen molar-refractivity contribution in [2.75, 3.05) is 36.0 Å². The predicted molar refractivity (Wildman–Crippen MR) is 93.9 cm³/mol. The fraction of sp³-hybridized carbons (Fsp3) is 0.250. The van der Waals surface area contributed by atoms with Crippen molar-refractivity contribution in [2.24, 2.45) is 0 Å². The van der Waals surface area contributed by atoms with Crippen LogP contribution in [0, 0.1) is 0 Å². The Hall–Kier alpha value is -1.98. The predicted octanol–water partition coefficient (Wildman–Crippen LogP) is 3.36. The van der Waals surface area contributed by atoms with Crippen LogP contribution in [0.2, 0.25) is 10.0 Å². The van der Waals surface area contributed by atoms with Crippen molar-refractivity contribution in [1.29, 1.82) is 0 Å². The summed E-state index contributed by atoms with van der Waals surface area (Å²) in [6.45, 7) is 3.67. The highest BCUT2D eigenvalue weighted by atomic mass is 35.5. The van der Waals surface area contributed by atoms with E-state index in [2.05, 4.69) is 19.9 Å². The molecule has 0 amide bonds. The maximum absolute atomic E-state index is 6.12. The molecule has 1 aliphatic heterocycles. The molecule has 1 aromatic carbocycles. The van der Waals surface area contributed by atoms with Crippen molar-refractivity contribution in [2.45, 2.75) is 0 Å². The summed E-state index contributed by atoms with van der Waals surface area (Å²) < 4.78 is 1.77. The lowest BCUT2D eigenvalue weighted by Crippen LogP contribution is -2.46. The fourth-order valence-corrected chi connectivity index (χ4v) is 3.15. The van der Waals surface area contributed by atoms with Crippen LogP contribution in [0.4, 0.5) is 11.5 Å². The van der Waals surface area contributed by atoms with E-state index in [1.54, 1.807) is 10.7 Å². The monoisotopic (exact) mass is 347 g/mol. The second-order valence-electron chi connectivity index (χ2n) is 5.49. The van der Waals surface area contributed by atoms with Crippen LogP contribution in [0.5, 0.6) is 0 Å². The number of fused-ring (bicyclic) bond motifs is 1. The molecule has 2 aromatic heterocycles. The molecule has 0 spiro atoms. The van der Waals surface area contributed by atoms with Crippen LogP contribution in [0.3, 0.4) is 0 Å². The van der Waals surface area contributed by atoms with Crippen molar-refractivity contribution in [3.05, 3.63) is 52.8 Å². The minimum absolute atomic E-state index is 0.590. The first-order valence-corrected chi connectivity index (χ1v) is 8.22. The maximum Gasteiger partial charge on any atom is 0.157 e. The largest absolute Gasteiger partial charge is 0.368 e. The van der Waals surface area contributed by atoms with Gasteiger partial charge in [-0.15, -0.1) is 0 Å². The SMILES string of the molecule is Clc1ccc(N2CCN(c3ccn4nccc4n3)CC2)cc1Cl. The molecule has 3 aromatic rings. The Balaban J connectivity index is 1.48. The molecule has 0 saturated carbocycles. The molecule has 0 bridgehead atoms. The van der Waals surface area contributed by atoms with E-state index in [1.165, 1.54) is 0 Å². The van der Waals surface area contributed by atoms with E-state index in [1.807, 2.05) is 36.5 Å². The van der Waals surface area contributed by atoms with Crippen LogP contribution < -0.4 is 9.80 Å². The summed E-state index contributed by atoms with van der Waals surface area (Å²) >= 11 is 12.1. The van der Waals surface area contributed by atoms with Crippen molar-refractivity contribution in [3.63, 3.8) is 0 Å². The first kappa shape index (κ1) is 14.6. The van der Waals surface area contributed by atoms with Gasteiger partial charge in [-0.2, -0.15) is 5.10 Å². The van der Waals surface area contributed by atoms with Crippen molar-refractivity contribution in [3.8, 4) is 0 Å². The zero-order valence-corrected chi connectivity index (χ0v) is 13.9. The number of hydrogen-bond acceptors (Lipinski definition) is 4. The van der Waals surface area contributed by atoms with Gasteiger partial charge in [-0.05, 0) is 24.3 Å². The van der Waals surface area contributed by atoms with Gasteiger partial charge in [0.05, 0.1) is 16.2 Å². The highest BCUT2D eigenvalue weighted by Crippen LogP contribution is 2.28. The van der Waals surface area contributed by atoms with Gasteiger partial charge in [-0.3, -0.25) is 0 Å². The Morgan fingerprint density at radius 3 is 2.43 bits per heavy atom. The quantitative estimate of drug-likeness (QED) is 0.712. The molecule has 3 heterocycles. The molecule has 118 valence electrons. The van der Waals surface area contributed by atoms with Crippen LogP contribution in [-0.4, -0.2) is 40.8 Å². The lowest BCUT2D eigenvalue weighted by molar-refractivity contribution is 0.647. The van der Waals surface area contributed by atoms with Crippen LogP contribution in [0.15, 0.2) is 42.7 Å². The average molecular weight is 348 g/mol. The van der Waals surface area contributed by atoms with Gasteiger partial charge in [0.25, 0.3) is 0 Å². The molecule has 23 heavy (non-hydrogen) atoms. The van der Waals surface area contributed by atoms with E-state index in [9.17, 15) is 0 Å². The molecule has 4 rings (SSSR count). The summed E-state index contributed by atoms with van der Waals surface area (Å²) in [5, 5.41) is 5.36. The van der Waals surface area contributed by atoms with Gasteiger partial charge in [-0.1, -0.05) is 23.2 Å². The molecular formula is C16H15Cl2N5. The Kier molecular flexibility index (Phi) is 3.75. The second-order valence-corrected chi connectivity index (χ2v) is 6.31. The fourth-order valence-electron chi connectivity index (χ4n) is 2.85. The maximum atomic E-state index is 6.12. The summed E-state index contributed by atoms with van der Waals surface area (Å²) in [5.74, 6) is 0.992. The standard InChI is InChI=1S/C16H15Cl2N5/c17-13-2-1-12(11-14(13)18)21-7-9-22(10-8-21)15-4-6-23-16(20-15)3-5-19-23/h1-6,11H,7-10H2. The van der Waals surface area contributed by atoms with E-state index in [0.29, 0.717) is 10.0 Å². The summed E-state index contributed by atoms with van der Waals surface area (Å²) in [5.41, 5.74) is 1.98. The number of halogens is 2. The lowest BCUT2D eigenvalue weighted by atomic mass is 10.2. The molecule has 0 unspecified atom stereocenters. The summed E-state index contributed by atoms with van der Waals surface area (Å²) in [7, 11) is 0. The number of benzene rings is 1. The Bertz CT molecular complexity index is 839. The molecular weight excluding hydrogens is 333 g/mol. The van der Waals surface area contributed by atoms with E-state index in [-0.39, 0.29) is 0 Å². The third-order valence-electron chi connectivity index (χ3n) is 4.12. The second kappa shape index (κ2) is 5.91. The van der Waals surface area contributed by atoms with Gasteiger partial charge in [-0.25, -0.2) is 9.50 Å². The molecule has 0 N–H and O–H groups in total. The highest BCUT2D eigenvalue weighted by molar-refractivity contribution is 6.42. The third-order valence-corrected chi connectivity index (χ3v) is 4.85. The number of hydrogen-bond donors (Lipinski definition) is 0. The smallest absolute Gasteiger partial charge is 0.157 e. The van der Waals surface area contributed by atoms with Gasteiger partial charge in [0.1, 0.15) is 5.82 Å². The number of anilines is 2. The zero-order chi connectivity index (χ0) is 15.8. The van der Waals surface area contributed by atoms with E-state index < -0.39 is 0 Å². The average Bonchev–Trinajstić information content (AvgIpc) is 3.05. The Morgan fingerprint density at radius 1 is 0.870 bits per heavy atom. The number of piperazine rings is 1. The van der Waals surface area contributed by atoms with Crippen molar-refractivity contribution in [1.82, 2.24) is 14.6 Å². The Labute approximate surface area is 144 Å². The van der Waals surface area contributed by atoms with Crippen LogP contribution in [-0.2, 0) is 0 Å². The molecule has 1 aliphatic rings. The van der Waals surface area contributed by atoms with Crippen molar-refractivity contribution < 1.29 is 0 Å². The number of aromatic nitrogens is 3. The number of nitrogens with zero attached hydrogens (tertiary/aromatic N) is 5. The van der Waals surface area contributed by atoms with Crippen molar-refractivity contribution >= 4 is 40.4 Å². The van der Waals surface area contributed by atoms with Gasteiger partial charge >= 0.3 is 0 Å². The molecule has 0 aliphatic carbocycles. The van der Waals surface area contributed by atoms with Gasteiger partial charge in [0, 0.05) is 44.1 Å². The van der Waals surface area contributed by atoms with Gasteiger partial charge in [0.2, 0.25) is 0 Å². The van der Waals surface area contributed by atoms with Gasteiger partial charge < -0.3 is 9.80 Å².